The zero-order valence-corrected chi connectivity index (χ0v) is 20.5. The summed E-state index contributed by atoms with van der Waals surface area (Å²) in [6.07, 6.45) is 6.13. The summed E-state index contributed by atoms with van der Waals surface area (Å²) in [5.41, 5.74) is 2.22. The molecule has 1 amide bonds. The van der Waals surface area contributed by atoms with E-state index in [2.05, 4.69) is 10.5 Å². The number of amides is 1. The molecule has 0 unspecified atom stereocenters. The van der Waals surface area contributed by atoms with Gasteiger partial charge in [-0.15, -0.1) is 0 Å². The lowest BCUT2D eigenvalue weighted by atomic mass is 9.83. The Labute approximate surface area is 200 Å². The van der Waals surface area contributed by atoms with Crippen molar-refractivity contribution in [1.29, 1.82) is 0 Å². The predicted octanol–water partition coefficient (Wildman–Crippen LogP) is 5.32. The molecule has 0 saturated heterocycles. The molecule has 8 heteroatoms. The van der Waals surface area contributed by atoms with Crippen molar-refractivity contribution in [3.8, 4) is 0 Å². The molecular weight excluding hydrogens is 434 g/mol. The monoisotopic (exact) mass is 467 g/mol. The Bertz CT molecular complexity index is 1080. The van der Waals surface area contributed by atoms with Crippen LogP contribution in [0.2, 0.25) is 0 Å². The van der Waals surface area contributed by atoms with Gasteiger partial charge >= 0.3 is 6.09 Å². The number of benzene rings is 1. The first-order chi connectivity index (χ1) is 16.1. The highest BCUT2D eigenvalue weighted by atomic mass is 16.6. The SMILES string of the molecule is CON=C1CCC(/C=C/c2ccc3ccc([C@@H](C)NC(=O)OC(C)(C)C)nc3c2)(OC=O)CC1. The van der Waals surface area contributed by atoms with E-state index in [0.29, 0.717) is 32.2 Å². The first kappa shape index (κ1) is 25.2. The van der Waals surface area contributed by atoms with E-state index in [1.807, 2.05) is 70.2 Å². The van der Waals surface area contributed by atoms with Gasteiger partial charge in [-0.05, 0) is 77.2 Å². The van der Waals surface area contributed by atoms with Gasteiger partial charge in [0.25, 0.3) is 6.47 Å². The van der Waals surface area contributed by atoms with E-state index >= 15 is 0 Å². The van der Waals surface area contributed by atoms with Crippen LogP contribution in [-0.4, -0.2) is 41.6 Å². The van der Waals surface area contributed by atoms with Crippen molar-refractivity contribution in [2.75, 3.05) is 7.11 Å². The molecule has 0 bridgehead atoms. The minimum atomic E-state index is -0.662. The average molecular weight is 468 g/mol. The summed E-state index contributed by atoms with van der Waals surface area (Å²) >= 11 is 0. The highest BCUT2D eigenvalue weighted by molar-refractivity contribution is 5.85. The lowest BCUT2D eigenvalue weighted by molar-refractivity contribution is -0.140. The first-order valence-corrected chi connectivity index (χ1v) is 11.4. The molecule has 34 heavy (non-hydrogen) atoms. The molecule has 0 radical (unpaired) electrons. The Balaban J connectivity index is 1.77. The Kier molecular flexibility index (Phi) is 7.91. The molecule has 3 rings (SSSR count). The highest BCUT2D eigenvalue weighted by Gasteiger charge is 2.33. The third kappa shape index (κ3) is 6.79. The maximum atomic E-state index is 12.1. The molecule has 1 atom stereocenters. The summed E-state index contributed by atoms with van der Waals surface area (Å²) < 4.78 is 10.8. The number of nitrogens with one attached hydrogen (secondary N) is 1. The molecule has 1 aliphatic rings. The second-order valence-electron chi connectivity index (χ2n) is 9.51. The van der Waals surface area contributed by atoms with Crippen LogP contribution in [0.3, 0.4) is 0 Å². The van der Waals surface area contributed by atoms with E-state index < -0.39 is 17.3 Å². The van der Waals surface area contributed by atoms with Gasteiger partial charge in [-0.3, -0.25) is 9.78 Å². The Morgan fingerprint density at radius 1 is 1.21 bits per heavy atom. The van der Waals surface area contributed by atoms with Crippen LogP contribution in [0.5, 0.6) is 0 Å². The number of hydrogen-bond donors (Lipinski definition) is 1. The minimum Gasteiger partial charge on any atom is -0.457 e. The molecule has 1 fully saturated rings. The molecule has 1 N–H and O–H groups in total. The number of alkyl carbamates (subject to hydrolysis) is 1. The number of hydrogen-bond acceptors (Lipinski definition) is 7. The zero-order valence-electron chi connectivity index (χ0n) is 20.5. The summed E-state index contributed by atoms with van der Waals surface area (Å²) in [6, 6.07) is 9.53. The van der Waals surface area contributed by atoms with Gasteiger partial charge in [-0.25, -0.2) is 4.79 Å². The van der Waals surface area contributed by atoms with Crippen LogP contribution in [0, 0.1) is 0 Å². The standard InChI is InChI=1S/C26H33N3O5/c1-18(27-24(31)34-25(2,3)4)22-9-8-20-7-6-19(16-23(20)28-22)10-13-26(33-17-30)14-11-21(12-15-26)29-32-5/h6-10,13,16-18H,11-12,14-15H2,1-5H3,(H,27,31)/b13-10+,29-21?/t18-,26?/m1/s1. The number of carbonyl (C=O) groups is 2. The first-order valence-electron chi connectivity index (χ1n) is 11.4. The third-order valence-corrected chi connectivity index (χ3v) is 5.67. The number of carbonyl (C=O) groups excluding carboxylic acids is 2. The second-order valence-corrected chi connectivity index (χ2v) is 9.51. The van der Waals surface area contributed by atoms with Crippen molar-refractivity contribution in [3.05, 3.63) is 47.7 Å². The normalized spacial score (nSPS) is 19.5. The molecule has 0 spiro atoms. The van der Waals surface area contributed by atoms with Gasteiger partial charge in [0, 0.05) is 5.39 Å². The molecule has 1 aliphatic carbocycles. The molecule has 1 heterocycles. The molecule has 1 aromatic carbocycles. The minimum absolute atomic E-state index is 0.312. The number of pyridine rings is 1. The lowest BCUT2D eigenvalue weighted by Crippen LogP contribution is -2.35. The van der Waals surface area contributed by atoms with Crippen LogP contribution < -0.4 is 5.32 Å². The zero-order chi connectivity index (χ0) is 24.8. The average Bonchev–Trinajstić information content (AvgIpc) is 2.78. The molecule has 1 saturated carbocycles. The van der Waals surface area contributed by atoms with Gasteiger partial charge in [0.2, 0.25) is 0 Å². The van der Waals surface area contributed by atoms with Crippen molar-refractivity contribution in [2.24, 2.45) is 5.16 Å². The maximum absolute atomic E-state index is 12.1. The molecule has 182 valence electrons. The highest BCUT2D eigenvalue weighted by Crippen LogP contribution is 2.32. The van der Waals surface area contributed by atoms with Gasteiger partial charge in [-0.2, -0.15) is 0 Å². The van der Waals surface area contributed by atoms with E-state index in [1.54, 1.807) is 0 Å². The fourth-order valence-corrected chi connectivity index (χ4v) is 3.90. The number of aromatic nitrogens is 1. The quantitative estimate of drug-likeness (QED) is 0.437. The van der Waals surface area contributed by atoms with Gasteiger partial charge in [0.15, 0.2) is 0 Å². The van der Waals surface area contributed by atoms with E-state index in [0.717, 1.165) is 27.9 Å². The maximum Gasteiger partial charge on any atom is 0.408 e. The number of ether oxygens (including phenoxy) is 2. The van der Waals surface area contributed by atoms with Crippen LogP contribution in [0.1, 0.15) is 70.7 Å². The van der Waals surface area contributed by atoms with Crippen molar-refractivity contribution in [3.63, 3.8) is 0 Å². The smallest absolute Gasteiger partial charge is 0.408 e. The third-order valence-electron chi connectivity index (χ3n) is 5.67. The molecule has 2 aromatic rings. The summed E-state index contributed by atoms with van der Waals surface area (Å²) in [5, 5.41) is 7.84. The van der Waals surface area contributed by atoms with E-state index in [-0.39, 0.29) is 6.04 Å². The van der Waals surface area contributed by atoms with E-state index in [1.165, 1.54) is 7.11 Å². The van der Waals surface area contributed by atoms with Gasteiger partial charge in [0.1, 0.15) is 18.3 Å². The van der Waals surface area contributed by atoms with Crippen molar-refractivity contribution >= 4 is 35.3 Å². The van der Waals surface area contributed by atoms with Crippen molar-refractivity contribution in [2.45, 2.75) is 70.6 Å². The van der Waals surface area contributed by atoms with Gasteiger partial charge in [-0.1, -0.05) is 29.4 Å². The van der Waals surface area contributed by atoms with E-state index in [9.17, 15) is 9.59 Å². The largest absolute Gasteiger partial charge is 0.457 e. The van der Waals surface area contributed by atoms with Crippen LogP contribution >= 0.6 is 0 Å². The van der Waals surface area contributed by atoms with Gasteiger partial charge in [0.05, 0.1) is 23.0 Å². The summed E-state index contributed by atoms with van der Waals surface area (Å²) in [5.74, 6) is 0. The number of fused-ring (bicyclic) bond motifs is 1. The summed E-state index contributed by atoms with van der Waals surface area (Å²) in [7, 11) is 1.53. The molecular formula is C26H33N3O5. The molecule has 1 aromatic heterocycles. The fraction of sp³-hybridized carbons (Fsp3) is 0.462. The fourth-order valence-electron chi connectivity index (χ4n) is 3.90. The number of nitrogens with zero attached hydrogens (tertiary/aromatic N) is 2. The number of oxime groups is 1. The summed E-state index contributed by atoms with van der Waals surface area (Å²) in [6.45, 7) is 7.85. The van der Waals surface area contributed by atoms with Crippen LogP contribution in [-0.2, 0) is 19.1 Å². The topological polar surface area (TPSA) is 99.1 Å². The Morgan fingerprint density at radius 3 is 2.56 bits per heavy atom. The second kappa shape index (κ2) is 10.7. The Hall–Kier alpha value is -3.42. The lowest BCUT2D eigenvalue weighted by Gasteiger charge is -2.33. The van der Waals surface area contributed by atoms with Crippen molar-refractivity contribution in [1.82, 2.24) is 10.3 Å². The number of rotatable bonds is 7. The van der Waals surface area contributed by atoms with E-state index in [4.69, 9.17) is 19.3 Å². The molecule has 0 aliphatic heterocycles. The van der Waals surface area contributed by atoms with Crippen LogP contribution in [0.25, 0.3) is 17.0 Å². The van der Waals surface area contributed by atoms with Crippen LogP contribution in [0.15, 0.2) is 41.6 Å². The van der Waals surface area contributed by atoms with Gasteiger partial charge < -0.3 is 19.6 Å². The Morgan fingerprint density at radius 2 is 1.91 bits per heavy atom. The van der Waals surface area contributed by atoms with Crippen LogP contribution in [0.4, 0.5) is 4.79 Å². The van der Waals surface area contributed by atoms with Crippen molar-refractivity contribution < 1.29 is 23.9 Å². The predicted molar refractivity (Wildman–Crippen MR) is 131 cm³/mol. The molecule has 8 nitrogen and oxygen atoms in total. The summed E-state index contributed by atoms with van der Waals surface area (Å²) in [4.78, 5) is 32.9.